The standard InChI is InChI=1S/C12H9ClN2O2/c1-7-6-14-12(13)15-10(7)8-3-2-4-9(5-8)11(16)17/h2-6H,1H3,(H,16,17). The average molecular weight is 249 g/mol. The molecule has 1 N–H and O–H groups in total. The fourth-order valence-corrected chi connectivity index (χ4v) is 1.65. The van der Waals surface area contributed by atoms with Crippen LogP contribution in [0.4, 0.5) is 0 Å². The van der Waals surface area contributed by atoms with E-state index in [1.165, 1.54) is 6.07 Å². The van der Waals surface area contributed by atoms with Crippen LogP contribution in [-0.4, -0.2) is 21.0 Å². The molecule has 0 unspecified atom stereocenters. The first-order valence-corrected chi connectivity index (χ1v) is 5.28. The second kappa shape index (κ2) is 4.51. The molecule has 0 radical (unpaired) electrons. The van der Waals surface area contributed by atoms with E-state index >= 15 is 0 Å². The third-order valence-corrected chi connectivity index (χ3v) is 2.51. The highest BCUT2D eigenvalue weighted by Crippen LogP contribution is 2.22. The molecule has 0 aliphatic carbocycles. The SMILES string of the molecule is Cc1cnc(Cl)nc1-c1cccc(C(=O)O)c1. The first-order chi connectivity index (χ1) is 8.08. The summed E-state index contributed by atoms with van der Waals surface area (Å²) in [5.41, 5.74) is 2.42. The van der Waals surface area contributed by atoms with Crippen LogP contribution in [0.1, 0.15) is 15.9 Å². The fraction of sp³-hybridized carbons (Fsp3) is 0.0833. The van der Waals surface area contributed by atoms with E-state index in [1.54, 1.807) is 24.4 Å². The number of aryl methyl sites for hydroxylation is 1. The van der Waals surface area contributed by atoms with Gasteiger partial charge in [0.15, 0.2) is 0 Å². The van der Waals surface area contributed by atoms with Crippen molar-refractivity contribution in [3.8, 4) is 11.3 Å². The summed E-state index contributed by atoms with van der Waals surface area (Å²) >= 11 is 5.73. The van der Waals surface area contributed by atoms with E-state index in [4.69, 9.17) is 16.7 Å². The molecule has 0 amide bonds. The molecule has 5 heteroatoms. The predicted molar refractivity (Wildman–Crippen MR) is 64.2 cm³/mol. The summed E-state index contributed by atoms with van der Waals surface area (Å²) in [6.07, 6.45) is 1.61. The van der Waals surface area contributed by atoms with Crippen LogP contribution in [0.3, 0.4) is 0 Å². The van der Waals surface area contributed by atoms with Gasteiger partial charge in [0.2, 0.25) is 5.28 Å². The van der Waals surface area contributed by atoms with E-state index < -0.39 is 5.97 Å². The average Bonchev–Trinajstić information content (AvgIpc) is 2.32. The number of carboxylic acids is 1. The number of nitrogens with zero attached hydrogens (tertiary/aromatic N) is 2. The van der Waals surface area contributed by atoms with Gasteiger partial charge in [-0.1, -0.05) is 12.1 Å². The molecule has 0 saturated heterocycles. The Bertz CT molecular complexity index is 584. The van der Waals surface area contributed by atoms with E-state index in [-0.39, 0.29) is 10.8 Å². The third kappa shape index (κ3) is 2.42. The summed E-state index contributed by atoms with van der Waals surface area (Å²) in [4.78, 5) is 18.8. The van der Waals surface area contributed by atoms with Gasteiger partial charge in [-0.15, -0.1) is 0 Å². The van der Waals surface area contributed by atoms with Crippen molar-refractivity contribution in [2.75, 3.05) is 0 Å². The molecule has 0 bridgehead atoms. The van der Waals surface area contributed by atoms with Crippen LogP contribution in [0.2, 0.25) is 5.28 Å². The van der Waals surface area contributed by atoms with E-state index in [2.05, 4.69) is 9.97 Å². The second-order valence-electron chi connectivity index (χ2n) is 3.56. The maximum atomic E-state index is 10.9. The molecule has 0 atom stereocenters. The highest BCUT2D eigenvalue weighted by molar-refractivity contribution is 6.28. The first-order valence-electron chi connectivity index (χ1n) is 4.91. The number of hydrogen-bond acceptors (Lipinski definition) is 3. The summed E-state index contributed by atoms with van der Waals surface area (Å²) < 4.78 is 0. The minimum absolute atomic E-state index is 0.145. The molecule has 17 heavy (non-hydrogen) atoms. The topological polar surface area (TPSA) is 63.1 Å². The lowest BCUT2D eigenvalue weighted by molar-refractivity contribution is 0.0697. The van der Waals surface area contributed by atoms with E-state index in [9.17, 15) is 4.79 Å². The minimum Gasteiger partial charge on any atom is -0.478 e. The Morgan fingerprint density at radius 2 is 2.18 bits per heavy atom. The number of carboxylic acid groups (broad SMARTS) is 1. The molecule has 0 aliphatic heterocycles. The Morgan fingerprint density at radius 1 is 1.41 bits per heavy atom. The number of carbonyl (C=O) groups is 1. The maximum Gasteiger partial charge on any atom is 0.335 e. The first kappa shape index (κ1) is 11.5. The number of aromatic nitrogens is 2. The zero-order chi connectivity index (χ0) is 12.4. The van der Waals surface area contributed by atoms with Gasteiger partial charge in [-0.05, 0) is 36.2 Å². The summed E-state index contributed by atoms with van der Waals surface area (Å²) in [6, 6.07) is 6.56. The van der Waals surface area contributed by atoms with Gasteiger partial charge in [-0.2, -0.15) is 0 Å². The van der Waals surface area contributed by atoms with Gasteiger partial charge in [-0.25, -0.2) is 14.8 Å². The molecule has 2 rings (SSSR count). The van der Waals surface area contributed by atoms with Crippen LogP contribution in [0.15, 0.2) is 30.5 Å². The zero-order valence-corrected chi connectivity index (χ0v) is 9.77. The largest absolute Gasteiger partial charge is 0.478 e. The van der Waals surface area contributed by atoms with Crippen molar-refractivity contribution in [2.24, 2.45) is 0 Å². The molecule has 0 saturated carbocycles. The molecule has 1 aromatic carbocycles. The van der Waals surface area contributed by atoms with Crippen molar-refractivity contribution in [3.63, 3.8) is 0 Å². The molecule has 2 aromatic rings. The van der Waals surface area contributed by atoms with Crippen molar-refractivity contribution < 1.29 is 9.90 Å². The second-order valence-corrected chi connectivity index (χ2v) is 3.89. The summed E-state index contributed by atoms with van der Waals surface area (Å²) in [6.45, 7) is 1.85. The number of aromatic carboxylic acids is 1. The number of hydrogen-bond donors (Lipinski definition) is 1. The molecule has 0 fully saturated rings. The molecular formula is C12H9ClN2O2. The Hall–Kier alpha value is -1.94. The van der Waals surface area contributed by atoms with Crippen molar-refractivity contribution in [1.29, 1.82) is 0 Å². The molecule has 1 aromatic heterocycles. The van der Waals surface area contributed by atoms with Crippen LogP contribution in [0.25, 0.3) is 11.3 Å². The van der Waals surface area contributed by atoms with Gasteiger partial charge in [0.05, 0.1) is 11.3 Å². The van der Waals surface area contributed by atoms with Gasteiger partial charge in [0, 0.05) is 11.8 Å². The lowest BCUT2D eigenvalue weighted by Gasteiger charge is -2.05. The summed E-state index contributed by atoms with van der Waals surface area (Å²) in [5.74, 6) is -0.968. The van der Waals surface area contributed by atoms with E-state index in [1.807, 2.05) is 6.92 Å². The number of rotatable bonds is 2. The van der Waals surface area contributed by atoms with Crippen molar-refractivity contribution in [1.82, 2.24) is 9.97 Å². The lowest BCUT2D eigenvalue weighted by atomic mass is 10.1. The Labute approximate surface area is 103 Å². The minimum atomic E-state index is -0.968. The van der Waals surface area contributed by atoms with Crippen LogP contribution < -0.4 is 0 Å². The van der Waals surface area contributed by atoms with Gasteiger partial charge in [0.1, 0.15) is 0 Å². The van der Waals surface area contributed by atoms with Crippen LogP contribution >= 0.6 is 11.6 Å². The smallest absolute Gasteiger partial charge is 0.335 e. The van der Waals surface area contributed by atoms with E-state index in [0.717, 1.165) is 5.56 Å². The lowest BCUT2D eigenvalue weighted by Crippen LogP contribution is -1.97. The molecular weight excluding hydrogens is 240 g/mol. The zero-order valence-electron chi connectivity index (χ0n) is 9.01. The highest BCUT2D eigenvalue weighted by Gasteiger charge is 2.08. The van der Waals surface area contributed by atoms with Gasteiger partial charge in [-0.3, -0.25) is 0 Å². The van der Waals surface area contributed by atoms with Crippen LogP contribution in [0.5, 0.6) is 0 Å². The Balaban J connectivity index is 2.56. The quantitative estimate of drug-likeness (QED) is 0.830. The summed E-state index contributed by atoms with van der Waals surface area (Å²) in [5, 5.41) is 9.07. The number of halogens is 1. The van der Waals surface area contributed by atoms with Crippen molar-refractivity contribution in [3.05, 3.63) is 46.9 Å². The van der Waals surface area contributed by atoms with Gasteiger partial charge < -0.3 is 5.11 Å². The third-order valence-electron chi connectivity index (χ3n) is 2.33. The van der Waals surface area contributed by atoms with Gasteiger partial charge >= 0.3 is 5.97 Å². The molecule has 86 valence electrons. The summed E-state index contributed by atoms with van der Waals surface area (Å²) in [7, 11) is 0. The molecule has 1 heterocycles. The van der Waals surface area contributed by atoms with Crippen LogP contribution in [-0.2, 0) is 0 Å². The normalized spacial score (nSPS) is 10.2. The van der Waals surface area contributed by atoms with E-state index in [0.29, 0.717) is 11.3 Å². The highest BCUT2D eigenvalue weighted by atomic mass is 35.5. The Kier molecular flexibility index (Phi) is 3.06. The number of benzene rings is 1. The molecule has 4 nitrogen and oxygen atoms in total. The molecule has 0 spiro atoms. The molecule has 0 aliphatic rings. The monoisotopic (exact) mass is 248 g/mol. The van der Waals surface area contributed by atoms with Crippen molar-refractivity contribution >= 4 is 17.6 Å². The van der Waals surface area contributed by atoms with Crippen molar-refractivity contribution in [2.45, 2.75) is 6.92 Å². The Morgan fingerprint density at radius 3 is 2.88 bits per heavy atom. The predicted octanol–water partition coefficient (Wildman–Crippen LogP) is 2.80. The van der Waals surface area contributed by atoms with Gasteiger partial charge in [0.25, 0.3) is 0 Å². The maximum absolute atomic E-state index is 10.9. The fourth-order valence-electron chi connectivity index (χ4n) is 1.51. The van der Waals surface area contributed by atoms with Crippen LogP contribution in [0, 0.1) is 6.92 Å².